The van der Waals surface area contributed by atoms with Crippen LogP contribution in [-0.2, 0) is 10.9 Å². The fraction of sp³-hybridized carbons (Fsp3) is 0.333. The topological polar surface area (TPSA) is 24.5 Å². The lowest BCUT2D eigenvalue weighted by Gasteiger charge is -2.22. The molecule has 0 saturated carbocycles. The maximum Gasteiger partial charge on any atom is 0.416 e. The minimum Gasteiger partial charge on any atom is -0.371 e. The number of allylic oxidation sites excluding steroid dienone is 2. The van der Waals surface area contributed by atoms with Crippen molar-refractivity contribution in [2.75, 3.05) is 18.2 Å². The van der Waals surface area contributed by atoms with Gasteiger partial charge in [0.1, 0.15) is 6.10 Å². The quantitative estimate of drug-likeness (QED) is 0.920. The van der Waals surface area contributed by atoms with Gasteiger partial charge in [0.15, 0.2) is 0 Å². The third-order valence-electron chi connectivity index (χ3n) is 3.11. The highest BCUT2D eigenvalue weighted by Gasteiger charge is 2.33. The van der Waals surface area contributed by atoms with E-state index in [-0.39, 0.29) is 6.10 Å². The summed E-state index contributed by atoms with van der Waals surface area (Å²) in [6.07, 6.45) is -1.24. The van der Waals surface area contributed by atoms with Crippen LogP contribution >= 0.6 is 0 Å². The molecule has 3 nitrogen and oxygen atoms in total. The number of hydrazine groups is 1. The molecule has 0 bridgehead atoms. The van der Waals surface area contributed by atoms with E-state index in [4.69, 9.17) is 4.74 Å². The number of halogens is 3. The Balaban J connectivity index is 2.33. The van der Waals surface area contributed by atoms with Crippen LogP contribution in [0.2, 0.25) is 0 Å². The molecule has 1 fully saturated rings. The summed E-state index contributed by atoms with van der Waals surface area (Å²) >= 11 is 0. The van der Waals surface area contributed by atoms with Gasteiger partial charge < -0.3 is 4.74 Å². The first-order chi connectivity index (χ1) is 9.97. The number of benzene rings is 1. The Morgan fingerprint density at radius 2 is 2.24 bits per heavy atom. The van der Waals surface area contributed by atoms with E-state index in [9.17, 15) is 13.2 Å². The van der Waals surface area contributed by atoms with Crippen molar-refractivity contribution >= 4 is 5.69 Å². The molecule has 0 radical (unpaired) electrons. The second-order valence-electron chi connectivity index (χ2n) is 4.52. The van der Waals surface area contributed by atoms with Crippen LogP contribution in [0.5, 0.6) is 0 Å². The smallest absolute Gasteiger partial charge is 0.371 e. The van der Waals surface area contributed by atoms with Gasteiger partial charge in [-0.1, -0.05) is 18.7 Å². The summed E-state index contributed by atoms with van der Waals surface area (Å²) in [5.74, 6) is 0. The molecule has 0 amide bonds. The molecule has 1 unspecified atom stereocenters. The first-order valence-corrected chi connectivity index (χ1v) is 6.62. The normalized spacial score (nSPS) is 21.0. The largest absolute Gasteiger partial charge is 0.416 e. The molecule has 0 aliphatic carbocycles. The number of ether oxygens (including phenoxy) is 1. The summed E-state index contributed by atoms with van der Waals surface area (Å²) in [7, 11) is 0. The number of nitrogens with zero attached hydrogens (tertiary/aromatic N) is 1. The van der Waals surface area contributed by atoms with Gasteiger partial charge in [0, 0.05) is 13.2 Å². The van der Waals surface area contributed by atoms with E-state index in [1.165, 1.54) is 6.07 Å². The number of hydrogen-bond donors (Lipinski definition) is 1. The third-order valence-corrected chi connectivity index (χ3v) is 3.11. The van der Waals surface area contributed by atoms with Crippen LogP contribution in [-0.4, -0.2) is 19.3 Å². The van der Waals surface area contributed by atoms with Crippen molar-refractivity contribution in [2.45, 2.75) is 19.2 Å². The van der Waals surface area contributed by atoms with Crippen LogP contribution in [0, 0.1) is 0 Å². The average Bonchev–Trinajstić information content (AvgIpc) is 2.82. The van der Waals surface area contributed by atoms with E-state index in [1.54, 1.807) is 23.2 Å². The fourth-order valence-corrected chi connectivity index (χ4v) is 2.22. The summed E-state index contributed by atoms with van der Waals surface area (Å²) in [5, 5.41) is 1.61. The minimum atomic E-state index is -4.36. The van der Waals surface area contributed by atoms with Crippen LogP contribution in [0.25, 0.3) is 0 Å². The number of rotatable bonds is 4. The molecule has 0 aromatic heterocycles. The molecule has 21 heavy (non-hydrogen) atoms. The minimum absolute atomic E-state index is 0.206. The van der Waals surface area contributed by atoms with Gasteiger partial charge >= 0.3 is 6.18 Å². The van der Waals surface area contributed by atoms with E-state index in [0.29, 0.717) is 18.8 Å². The summed E-state index contributed by atoms with van der Waals surface area (Å²) in [6.45, 7) is 6.54. The summed E-state index contributed by atoms with van der Waals surface area (Å²) in [4.78, 5) is 0. The van der Waals surface area contributed by atoms with Crippen molar-refractivity contribution in [3.8, 4) is 0 Å². The summed E-state index contributed by atoms with van der Waals surface area (Å²) < 4.78 is 44.0. The molecule has 1 saturated heterocycles. The molecule has 1 aliphatic heterocycles. The maximum atomic E-state index is 12.8. The second kappa shape index (κ2) is 6.32. The van der Waals surface area contributed by atoms with Gasteiger partial charge in [0.05, 0.1) is 16.9 Å². The van der Waals surface area contributed by atoms with Gasteiger partial charge in [-0.15, -0.1) is 0 Å². The molecule has 114 valence electrons. The predicted molar refractivity (Wildman–Crippen MR) is 75.6 cm³/mol. The molecule has 1 aliphatic rings. The highest BCUT2D eigenvalue weighted by molar-refractivity contribution is 5.55. The van der Waals surface area contributed by atoms with Crippen LogP contribution in [0.4, 0.5) is 18.9 Å². The van der Waals surface area contributed by atoms with Crippen LogP contribution in [0.1, 0.15) is 12.5 Å². The monoisotopic (exact) mass is 298 g/mol. The molecule has 0 spiro atoms. The molecular formula is C15H17F3N2O. The highest BCUT2D eigenvalue weighted by atomic mass is 19.4. The second-order valence-corrected chi connectivity index (χ2v) is 4.52. The number of anilines is 1. The Labute approximate surface area is 121 Å². The van der Waals surface area contributed by atoms with Crippen molar-refractivity contribution in [2.24, 2.45) is 0 Å². The van der Waals surface area contributed by atoms with E-state index in [2.05, 4.69) is 12.0 Å². The van der Waals surface area contributed by atoms with Crippen molar-refractivity contribution in [3.05, 3.63) is 54.3 Å². The number of alkyl halides is 3. The highest BCUT2D eigenvalue weighted by Crippen LogP contribution is 2.33. The van der Waals surface area contributed by atoms with Crippen LogP contribution in [0.3, 0.4) is 0 Å². The SMILES string of the molecule is C=C/C=C1\C(OCC)CNN1c1cccc(C(F)(F)F)c1. The van der Waals surface area contributed by atoms with Gasteiger partial charge in [0.25, 0.3) is 0 Å². The van der Waals surface area contributed by atoms with Crippen molar-refractivity contribution < 1.29 is 17.9 Å². The van der Waals surface area contributed by atoms with E-state index >= 15 is 0 Å². The zero-order valence-electron chi connectivity index (χ0n) is 11.7. The van der Waals surface area contributed by atoms with E-state index in [1.807, 2.05) is 6.92 Å². The molecule has 2 rings (SSSR count). The molecular weight excluding hydrogens is 281 g/mol. The average molecular weight is 298 g/mol. The van der Waals surface area contributed by atoms with Crippen molar-refractivity contribution in [1.29, 1.82) is 0 Å². The Bertz CT molecular complexity index is 540. The molecule has 1 atom stereocenters. The van der Waals surface area contributed by atoms with Crippen LogP contribution in [0.15, 0.2) is 48.7 Å². The number of hydrogen-bond acceptors (Lipinski definition) is 3. The zero-order chi connectivity index (χ0) is 15.5. The first kappa shape index (κ1) is 15.6. The molecule has 1 aromatic rings. The lowest BCUT2D eigenvalue weighted by atomic mass is 10.1. The van der Waals surface area contributed by atoms with Crippen LogP contribution < -0.4 is 10.4 Å². The zero-order valence-corrected chi connectivity index (χ0v) is 11.7. The van der Waals surface area contributed by atoms with Gasteiger partial charge in [-0.2, -0.15) is 13.2 Å². The lowest BCUT2D eigenvalue weighted by molar-refractivity contribution is -0.137. The molecule has 6 heteroatoms. The van der Waals surface area contributed by atoms with E-state index in [0.717, 1.165) is 17.8 Å². The Morgan fingerprint density at radius 1 is 1.48 bits per heavy atom. The predicted octanol–water partition coefficient (Wildman–Crippen LogP) is 3.51. The molecule has 1 aromatic carbocycles. The standard InChI is InChI=1S/C15H17F3N2O/c1-3-6-13-14(21-4-2)10-19-20(13)12-8-5-7-11(9-12)15(16,17)18/h3,5-9,14,19H,1,4,10H2,2H3/b13-6+. The maximum absolute atomic E-state index is 12.8. The Morgan fingerprint density at radius 3 is 2.86 bits per heavy atom. The molecule has 1 heterocycles. The first-order valence-electron chi connectivity index (χ1n) is 6.62. The van der Waals surface area contributed by atoms with Gasteiger partial charge in [0.2, 0.25) is 0 Å². The van der Waals surface area contributed by atoms with E-state index < -0.39 is 11.7 Å². The number of nitrogens with one attached hydrogen (secondary N) is 1. The Hall–Kier alpha value is -1.79. The van der Waals surface area contributed by atoms with Gasteiger partial charge in [-0.3, -0.25) is 5.01 Å². The summed E-state index contributed by atoms with van der Waals surface area (Å²) in [5.41, 5.74) is 3.52. The third kappa shape index (κ3) is 3.46. The molecule has 1 N–H and O–H groups in total. The lowest BCUT2D eigenvalue weighted by Crippen LogP contribution is -2.29. The summed E-state index contributed by atoms with van der Waals surface area (Å²) in [6, 6.07) is 5.17. The van der Waals surface area contributed by atoms with Gasteiger partial charge in [-0.25, -0.2) is 5.43 Å². The van der Waals surface area contributed by atoms with Crippen molar-refractivity contribution in [1.82, 2.24) is 5.43 Å². The Kier molecular flexibility index (Phi) is 4.69. The van der Waals surface area contributed by atoms with Gasteiger partial charge in [-0.05, 0) is 31.2 Å². The van der Waals surface area contributed by atoms with Crippen molar-refractivity contribution in [3.63, 3.8) is 0 Å². The fourth-order valence-electron chi connectivity index (χ4n) is 2.22.